The third kappa shape index (κ3) is 9.32. The summed E-state index contributed by atoms with van der Waals surface area (Å²) >= 11 is 0. The summed E-state index contributed by atoms with van der Waals surface area (Å²) in [5, 5.41) is 12.5. The van der Waals surface area contributed by atoms with E-state index in [0.717, 1.165) is 57.7 Å². The van der Waals surface area contributed by atoms with E-state index in [2.05, 4.69) is 22.2 Å². The van der Waals surface area contributed by atoms with Gasteiger partial charge in [0.25, 0.3) is 0 Å². The minimum atomic E-state index is -4.21. The fourth-order valence-corrected chi connectivity index (χ4v) is 10.7. The van der Waals surface area contributed by atoms with Crippen LogP contribution < -0.4 is 24.2 Å². The number of carbonyl (C=O) groups excluding carboxylic acids is 2. The molecule has 5 aromatic rings. The van der Waals surface area contributed by atoms with Crippen molar-refractivity contribution >= 4 is 22.0 Å². The van der Waals surface area contributed by atoms with Crippen LogP contribution in [0.2, 0.25) is 0 Å². The Morgan fingerprint density at radius 2 is 1.45 bits per heavy atom. The number of benzene rings is 5. The Labute approximate surface area is 374 Å². The zero-order chi connectivity index (χ0) is 44.7. The van der Waals surface area contributed by atoms with E-state index >= 15 is 0 Å². The summed E-state index contributed by atoms with van der Waals surface area (Å²) in [7, 11) is -1.11. The van der Waals surface area contributed by atoms with Crippen LogP contribution >= 0.6 is 0 Å². The van der Waals surface area contributed by atoms with Crippen molar-refractivity contribution in [3.05, 3.63) is 138 Å². The van der Waals surface area contributed by atoms with E-state index in [1.54, 1.807) is 7.11 Å². The van der Waals surface area contributed by atoms with Crippen LogP contribution in [0.15, 0.2) is 120 Å². The average molecular weight is 890 g/mol. The summed E-state index contributed by atoms with van der Waals surface area (Å²) in [5.74, 6) is 0.671. The van der Waals surface area contributed by atoms with Crippen LogP contribution in [0, 0.1) is 5.92 Å². The maximum atomic E-state index is 14.6. The molecule has 3 N–H and O–H groups in total. The Kier molecular flexibility index (Phi) is 13.9. The summed E-state index contributed by atoms with van der Waals surface area (Å²) in [6.45, 7) is 1.06. The van der Waals surface area contributed by atoms with Gasteiger partial charge >= 0.3 is 6.09 Å². The van der Waals surface area contributed by atoms with Gasteiger partial charge < -0.3 is 39.0 Å². The van der Waals surface area contributed by atoms with Crippen molar-refractivity contribution in [2.75, 3.05) is 60.3 Å². The molecule has 14 heteroatoms. The topological polar surface area (TPSA) is 162 Å². The number of fused-ring (bicyclic) bond motifs is 5. The highest BCUT2D eigenvalue weighted by atomic mass is 32.2. The minimum absolute atomic E-state index is 0.0194. The molecule has 0 saturated carbocycles. The molecule has 2 heterocycles. The maximum absolute atomic E-state index is 14.6. The van der Waals surface area contributed by atoms with E-state index in [9.17, 15) is 23.1 Å². The maximum Gasteiger partial charge on any atom is 0.409 e. The first-order valence-electron chi connectivity index (χ1n) is 21.8. The molecule has 1 fully saturated rings. The van der Waals surface area contributed by atoms with Crippen molar-refractivity contribution in [3.8, 4) is 34.1 Å². The number of nitrogens with zero attached hydrogens (tertiary/aromatic N) is 1. The van der Waals surface area contributed by atoms with Crippen molar-refractivity contribution in [1.82, 2.24) is 14.9 Å². The summed E-state index contributed by atoms with van der Waals surface area (Å²) in [6, 6.07) is 35.3. The molecule has 0 aromatic heterocycles. The quantitative estimate of drug-likeness (QED) is 0.0757. The monoisotopic (exact) mass is 889 g/mol. The number of methoxy groups -OCH3 is 2. The van der Waals surface area contributed by atoms with E-state index in [1.807, 2.05) is 84.9 Å². The molecule has 5 aromatic carbocycles. The van der Waals surface area contributed by atoms with Crippen LogP contribution in [0.1, 0.15) is 60.3 Å². The number of aliphatic hydroxyl groups excluding tert-OH is 1. The van der Waals surface area contributed by atoms with Crippen molar-refractivity contribution in [3.63, 3.8) is 0 Å². The Bertz CT molecular complexity index is 2480. The number of para-hydroxylation sites is 2. The first-order chi connectivity index (χ1) is 31.2. The van der Waals surface area contributed by atoms with Gasteiger partial charge in [-0.15, -0.1) is 0 Å². The Morgan fingerprint density at radius 3 is 2.11 bits per heavy atom. The first-order valence-corrected chi connectivity index (χ1v) is 23.3. The molecule has 0 spiro atoms. The Morgan fingerprint density at radius 1 is 0.797 bits per heavy atom. The van der Waals surface area contributed by atoms with Crippen LogP contribution in [0.4, 0.5) is 4.79 Å². The number of rotatable bonds is 18. The van der Waals surface area contributed by atoms with E-state index < -0.39 is 33.5 Å². The molecule has 8 rings (SSSR count). The van der Waals surface area contributed by atoms with Crippen molar-refractivity contribution in [1.29, 1.82) is 0 Å². The molecule has 0 radical (unpaired) electrons. The van der Waals surface area contributed by atoms with E-state index in [0.29, 0.717) is 25.2 Å². The molecule has 2 atom stereocenters. The molecule has 3 aliphatic rings. The number of unbranched alkanes of at least 4 members (excludes halogenated alkanes) is 1. The highest BCUT2D eigenvalue weighted by molar-refractivity contribution is 7.89. The number of nitrogens with one attached hydrogen (secondary N) is 2. The lowest BCUT2D eigenvalue weighted by Crippen LogP contribution is -2.56. The minimum Gasteiger partial charge on any atom is -0.493 e. The molecule has 0 bridgehead atoms. The number of hydrogen-bond donors (Lipinski definition) is 3. The lowest BCUT2D eigenvalue weighted by Gasteiger charge is -2.41. The van der Waals surface area contributed by atoms with Crippen molar-refractivity contribution in [2.45, 2.75) is 54.4 Å². The number of piperidine rings is 1. The van der Waals surface area contributed by atoms with Gasteiger partial charge in [-0.2, -0.15) is 0 Å². The largest absolute Gasteiger partial charge is 0.493 e. The predicted octanol–water partition coefficient (Wildman–Crippen LogP) is 7.40. The number of hydrogen-bond acceptors (Lipinski definition) is 10. The zero-order valence-corrected chi connectivity index (χ0v) is 37.0. The summed E-state index contributed by atoms with van der Waals surface area (Å²) in [6.07, 6.45) is 2.21. The summed E-state index contributed by atoms with van der Waals surface area (Å²) < 4.78 is 60.0. The molecule has 1 aliphatic carbocycles. The fraction of sp³-hybridized carbons (Fsp3) is 0.360. The van der Waals surface area contributed by atoms with E-state index in [4.69, 9.17) is 23.7 Å². The number of amides is 2. The standard InChI is InChI=1S/C50H55N3O10S/c1-59-26-12-11-24-50(42-18-7-9-20-44(42)63-45-21-10-8-19-43(45)50)33-51-48(55)34-28-35(52-64(57,58)36-22-23-46(47(29-36)60-2)61-27-13-25-54)31-53(30-34)49(56)62-32-41-39-16-5-3-14-37(39)38-15-4-6-17-40(38)41/h3-10,14-23,29,34-35,41,52,54H,11-13,24-28,30-33H2,1-2H3,(H,51,55)/t34-,35+/m0/s1. The second-order valence-electron chi connectivity index (χ2n) is 16.5. The Balaban J connectivity index is 1.05. The number of likely N-dealkylation sites (tertiary alicyclic amines) is 1. The van der Waals surface area contributed by atoms with Gasteiger partial charge in [0, 0.05) is 80.9 Å². The highest BCUT2D eigenvalue weighted by Gasteiger charge is 2.44. The first kappa shape index (κ1) is 44.7. The van der Waals surface area contributed by atoms with Gasteiger partial charge in [0.2, 0.25) is 15.9 Å². The van der Waals surface area contributed by atoms with Gasteiger partial charge in [-0.25, -0.2) is 17.9 Å². The van der Waals surface area contributed by atoms with Crippen LogP contribution in [0.3, 0.4) is 0 Å². The van der Waals surface area contributed by atoms with Crippen molar-refractivity contribution < 1.29 is 46.8 Å². The van der Waals surface area contributed by atoms with Gasteiger partial charge in [0.05, 0.1) is 24.5 Å². The van der Waals surface area contributed by atoms with Crippen LogP contribution in [-0.4, -0.2) is 96.7 Å². The van der Waals surface area contributed by atoms with Crippen LogP contribution in [0.5, 0.6) is 23.0 Å². The van der Waals surface area contributed by atoms with Gasteiger partial charge in [0.1, 0.15) is 18.1 Å². The number of sulfonamides is 1. The molecule has 0 unspecified atom stereocenters. The molecule has 336 valence electrons. The molecule has 13 nitrogen and oxygen atoms in total. The molecule has 64 heavy (non-hydrogen) atoms. The third-order valence-corrected chi connectivity index (χ3v) is 14.1. The number of ether oxygens (including phenoxy) is 5. The molecule has 2 amide bonds. The second-order valence-corrected chi connectivity index (χ2v) is 18.3. The van der Waals surface area contributed by atoms with E-state index in [1.165, 1.54) is 30.2 Å². The van der Waals surface area contributed by atoms with Gasteiger partial charge in [-0.05, 0) is 72.2 Å². The van der Waals surface area contributed by atoms with Crippen LogP contribution in [0.25, 0.3) is 11.1 Å². The number of aliphatic hydroxyl groups is 1. The van der Waals surface area contributed by atoms with E-state index in [-0.39, 0.29) is 68.3 Å². The smallest absolute Gasteiger partial charge is 0.409 e. The highest BCUT2D eigenvalue weighted by Crippen LogP contribution is 2.50. The van der Waals surface area contributed by atoms with Crippen LogP contribution in [-0.2, 0) is 29.7 Å². The fourth-order valence-electron chi connectivity index (χ4n) is 9.45. The molecular weight excluding hydrogens is 835 g/mol. The normalized spacial score (nSPS) is 17.3. The molecule has 2 aliphatic heterocycles. The second kappa shape index (κ2) is 19.9. The predicted molar refractivity (Wildman–Crippen MR) is 242 cm³/mol. The number of carbonyl (C=O) groups is 2. The van der Waals surface area contributed by atoms with Crippen molar-refractivity contribution in [2.24, 2.45) is 5.92 Å². The summed E-state index contributed by atoms with van der Waals surface area (Å²) in [4.78, 5) is 30.2. The van der Waals surface area contributed by atoms with Gasteiger partial charge in [-0.3, -0.25) is 4.79 Å². The van der Waals surface area contributed by atoms with Gasteiger partial charge in [-0.1, -0.05) is 84.9 Å². The third-order valence-electron chi connectivity index (χ3n) is 12.5. The average Bonchev–Trinajstić information content (AvgIpc) is 3.64. The summed E-state index contributed by atoms with van der Waals surface area (Å²) in [5.41, 5.74) is 5.58. The lowest BCUT2D eigenvalue weighted by molar-refractivity contribution is -0.127. The zero-order valence-electron chi connectivity index (χ0n) is 36.2. The van der Waals surface area contributed by atoms with Gasteiger partial charge in [0.15, 0.2) is 11.5 Å². The SMILES string of the molecule is COCCCCC1(CNC(=O)[C@H]2C[C@@H](NS(=O)(=O)c3ccc(OCCCO)c(OC)c3)CN(C(=O)OCC3c4ccccc4-c4ccccc43)C2)c2ccccc2Oc2ccccc21. The Hall–Kier alpha value is -5.93. The molecular formula is C50H55N3O10S. The lowest BCUT2D eigenvalue weighted by atomic mass is 9.69. The molecule has 1 saturated heterocycles.